The molecule has 1 atom stereocenters. The van der Waals surface area contributed by atoms with Crippen molar-refractivity contribution < 1.29 is 28.6 Å². The van der Waals surface area contributed by atoms with E-state index in [0.29, 0.717) is 5.56 Å². The van der Waals surface area contributed by atoms with Crippen molar-refractivity contribution in [2.75, 3.05) is 19.1 Å². The number of esters is 3. The van der Waals surface area contributed by atoms with Crippen LogP contribution >= 0.6 is 11.6 Å². The Morgan fingerprint density at radius 2 is 1.67 bits per heavy atom. The number of rotatable bonds is 6. The van der Waals surface area contributed by atoms with Gasteiger partial charge in [-0.1, -0.05) is 41.9 Å². The Balaban J connectivity index is 2.37. The van der Waals surface area contributed by atoms with Crippen LogP contribution in [0.5, 0.6) is 0 Å². The van der Waals surface area contributed by atoms with Crippen LogP contribution in [0, 0.1) is 11.3 Å². The minimum Gasteiger partial charge on any atom is -0.466 e. The van der Waals surface area contributed by atoms with Crippen molar-refractivity contribution in [3.63, 3.8) is 0 Å². The van der Waals surface area contributed by atoms with Crippen molar-refractivity contribution in [1.29, 1.82) is 5.26 Å². The second-order valence-electron chi connectivity index (χ2n) is 7.95. The molecule has 0 saturated heterocycles. The summed E-state index contributed by atoms with van der Waals surface area (Å²) in [6.45, 7) is 3.37. The number of nitrogens with zero attached hydrogens (tertiary/aromatic N) is 2. The highest BCUT2D eigenvalue weighted by molar-refractivity contribution is 6.33. The van der Waals surface area contributed by atoms with E-state index in [2.05, 4.69) is 6.07 Å². The molecule has 0 saturated carbocycles. The third-order valence-corrected chi connectivity index (χ3v) is 5.71. The molecule has 2 aromatic rings. The Hall–Kier alpha value is -4.29. The van der Waals surface area contributed by atoms with Gasteiger partial charge in [-0.15, -0.1) is 0 Å². The van der Waals surface area contributed by atoms with Crippen molar-refractivity contribution in [3.05, 3.63) is 87.3 Å². The number of carbonyl (C=O) groups excluding carboxylic acids is 3. The predicted octanol–water partition coefficient (Wildman–Crippen LogP) is 3.80. The third-order valence-electron chi connectivity index (χ3n) is 5.38. The first-order chi connectivity index (χ1) is 17.2. The Labute approximate surface area is 213 Å². The molecule has 0 bridgehead atoms. The molecule has 0 radical (unpaired) electrons. The van der Waals surface area contributed by atoms with Gasteiger partial charge in [0, 0.05) is 5.69 Å². The van der Waals surface area contributed by atoms with Gasteiger partial charge in [0.25, 0.3) is 0 Å². The number of hydrogen-bond acceptors (Lipinski definition) is 9. The van der Waals surface area contributed by atoms with Crippen molar-refractivity contribution in [3.8, 4) is 6.07 Å². The molecule has 36 heavy (non-hydrogen) atoms. The Bertz CT molecular complexity index is 1310. The molecule has 2 N–H and O–H groups in total. The fourth-order valence-electron chi connectivity index (χ4n) is 3.87. The maximum Gasteiger partial charge on any atom is 0.355 e. The van der Waals surface area contributed by atoms with Gasteiger partial charge in [-0.3, -0.25) is 4.90 Å². The molecule has 186 valence electrons. The normalized spacial score (nSPS) is 15.5. The molecule has 1 heterocycles. The summed E-state index contributed by atoms with van der Waals surface area (Å²) in [5, 5.41) is 10.2. The van der Waals surface area contributed by atoms with Crippen molar-refractivity contribution >= 4 is 35.2 Å². The first-order valence-electron chi connectivity index (χ1n) is 10.8. The van der Waals surface area contributed by atoms with E-state index in [0.717, 1.165) is 14.2 Å². The van der Waals surface area contributed by atoms with Crippen LogP contribution in [0.4, 0.5) is 5.69 Å². The number of nitrogens with two attached hydrogens (primary N) is 1. The largest absolute Gasteiger partial charge is 0.466 e. The second kappa shape index (κ2) is 11.0. The van der Waals surface area contributed by atoms with E-state index >= 15 is 0 Å². The number of anilines is 1. The number of benzene rings is 2. The Kier molecular flexibility index (Phi) is 8.02. The quantitative estimate of drug-likeness (QED) is 0.456. The maximum atomic E-state index is 13.1. The zero-order valence-electron chi connectivity index (χ0n) is 20.1. The van der Waals surface area contributed by atoms with E-state index < -0.39 is 29.9 Å². The van der Waals surface area contributed by atoms with E-state index in [-0.39, 0.29) is 38.9 Å². The molecule has 0 fully saturated rings. The number of carbonyl (C=O) groups is 3. The number of allylic oxidation sites excluding steroid dienone is 1. The van der Waals surface area contributed by atoms with Gasteiger partial charge in [0.2, 0.25) is 0 Å². The van der Waals surface area contributed by atoms with Crippen LogP contribution in [0.3, 0.4) is 0 Å². The third kappa shape index (κ3) is 4.90. The molecule has 1 aliphatic rings. The van der Waals surface area contributed by atoms with Crippen molar-refractivity contribution in [2.45, 2.75) is 25.9 Å². The van der Waals surface area contributed by atoms with Gasteiger partial charge in [-0.05, 0) is 37.6 Å². The van der Waals surface area contributed by atoms with Gasteiger partial charge < -0.3 is 19.9 Å². The fourth-order valence-corrected chi connectivity index (χ4v) is 4.06. The molecule has 10 heteroatoms. The van der Waals surface area contributed by atoms with E-state index in [9.17, 15) is 19.6 Å². The van der Waals surface area contributed by atoms with Crippen LogP contribution < -0.4 is 10.6 Å². The van der Waals surface area contributed by atoms with Gasteiger partial charge in [-0.2, -0.15) is 5.26 Å². The summed E-state index contributed by atoms with van der Waals surface area (Å²) in [5.41, 5.74) is 6.76. The molecule has 0 aromatic heterocycles. The molecule has 1 aliphatic heterocycles. The summed E-state index contributed by atoms with van der Waals surface area (Å²) in [4.78, 5) is 40.0. The first-order valence-corrected chi connectivity index (χ1v) is 11.2. The van der Waals surface area contributed by atoms with Gasteiger partial charge in [0.05, 0.1) is 54.0 Å². The molecule has 0 spiro atoms. The molecular formula is C26H24ClN3O6. The fraction of sp³-hybridized carbons (Fsp3) is 0.231. The molecular weight excluding hydrogens is 486 g/mol. The van der Waals surface area contributed by atoms with Crippen molar-refractivity contribution in [2.24, 2.45) is 5.73 Å². The van der Waals surface area contributed by atoms with E-state index in [4.69, 9.17) is 31.5 Å². The Morgan fingerprint density at radius 1 is 1.03 bits per heavy atom. The molecule has 2 aromatic carbocycles. The number of methoxy groups -OCH3 is 2. The average molecular weight is 510 g/mol. The van der Waals surface area contributed by atoms with Gasteiger partial charge in [0.1, 0.15) is 11.5 Å². The number of hydrogen-bond donors (Lipinski definition) is 1. The summed E-state index contributed by atoms with van der Waals surface area (Å²) >= 11 is 6.24. The lowest BCUT2D eigenvalue weighted by atomic mass is 9.81. The summed E-state index contributed by atoms with van der Waals surface area (Å²) in [6, 6.07) is 14.9. The topological polar surface area (TPSA) is 132 Å². The summed E-state index contributed by atoms with van der Waals surface area (Å²) in [6.07, 6.45) is -0.412. The van der Waals surface area contributed by atoms with Crippen LogP contribution in [-0.4, -0.2) is 38.2 Å². The van der Waals surface area contributed by atoms with Gasteiger partial charge in [-0.25, -0.2) is 14.4 Å². The predicted molar refractivity (Wildman–Crippen MR) is 132 cm³/mol. The minimum absolute atomic E-state index is 0.00295. The highest BCUT2D eigenvalue weighted by atomic mass is 35.5. The number of nitriles is 1. The number of halogens is 1. The number of ether oxygens (including phenoxy) is 3. The zero-order chi connectivity index (χ0) is 26.6. The molecule has 3 rings (SSSR count). The average Bonchev–Trinajstić information content (AvgIpc) is 2.87. The SMILES string of the molecule is COC(=O)C1=C(C(=O)OC)N(c2ccc(Cl)c(C(=O)OC(C)C)c2)C(N)=C(C#N)C1c1ccccc1. The summed E-state index contributed by atoms with van der Waals surface area (Å²) in [7, 11) is 2.31. The van der Waals surface area contributed by atoms with Crippen molar-refractivity contribution in [1.82, 2.24) is 0 Å². The molecule has 1 unspecified atom stereocenters. The highest BCUT2D eigenvalue weighted by Crippen LogP contribution is 2.43. The van der Waals surface area contributed by atoms with Crippen LogP contribution in [0.25, 0.3) is 0 Å². The maximum absolute atomic E-state index is 13.1. The summed E-state index contributed by atoms with van der Waals surface area (Å²) < 4.78 is 15.3. The molecule has 0 amide bonds. The molecule has 9 nitrogen and oxygen atoms in total. The first kappa shape index (κ1) is 26.3. The van der Waals surface area contributed by atoms with Gasteiger partial charge in [0.15, 0.2) is 0 Å². The Morgan fingerprint density at radius 3 is 2.22 bits per heavy atom. The lowest BCUT2D eigenvalue weighted by molar-refractivity contribution is -0.139. The van der Waals surface area contributed by atoms with E-state index in [1.165, 1.54) is 23.1 Å². The monoisotopic (exact) mass is 509 g/mol. The highest BCUT2D eigenvalue weighted by Gasteiger charge is 2.43. The smallest absolute Gasteiger partial charge is 0.355 e. The lowest BCUT2D eigenvalue weighted by Crippen LogP contribution is -2.40. The van der Waals surface area contributed by atoms with Gasteiger partial charge >= 0.3 is 17.9 Å². The van der Waals surface area contributed by atoms with E-state index in [1.807, 2.05) is 0 Å². The zero-order valence-corrected chi connectivity index (χ0v) is 20.8. The van der Waals surface area contributed by atoms with Crippen LogP contribution in [0.1, 0.15) is 35.7 Å². The van der Waals surface area contributed by atoms with Crippen LogP contribution in [0.2, 0.25) is 5.02 Å². The minimum atomic E-state index is -1.01. The van der Waals surface area contributed by atoms with E-state index in [1.54, 1.807) is 44.2 Å². The lowest BCUT2D eigenvalue weighted by Gasteiger charge is -2.36. The van der Waals surface area contributed by atoms with Crippen LogP contribution in [0.15, 0.2) is 71.2 Å². The standard InChI is InChI=1S/C26H24ClN3O6/c1-14(2)36-24(31)17-12-16(10-11-19(17)27)30-22(26(33)35-4)21(25(32)34-3)20(18(13-28)23(30)29)15-8-6-5-7-9-15/h5-12,14,20H,29H2,1-4H3. The van der Waals surface area contributed by atoms with Crippen LogP contribution in [-0.2, 0) is 23.8 Å². The molecule has 0 aliphatic carbocycles. The summed E-state index contributed by atoms with van der Waals surface area (Å²) in [5.74, 6) is -3.60. The second-order valence-corrected chi connectivity index (χ2v) is 8.36.